The van der Waals surface area contributed by atoms with Crippen molar-refractivity contribution < 1.29 is 9.66 Å². The number of halogens is 2. The minimum Gasteiger partial charge on any atom is -0.438 e. The number of ether oxygens (including phenoxy) is 1. The molecule has 0 aliphatic heterocycles. The topological polar surface area (TPSA) is 65.3 Å². The van der Waals surface area contributed by atoms with Gasteiger partial charge in [0.1, 0.15) is 11.9 Å². The van der Waals surface area contributed by atoms with Crippen molar-refractivity contribution in [3.8, 4) is 11.6 Å². The first-order valence-corrected chi connectivity index (χ1v) is 6.38. The van der Waals surface area contributed by atoms with Gasteiger partial charge in [0.25, 0.3) is 5.69 Å². The Hall–Kier alpha value is -1.47. The van der Waals surface area contributed by atoms with Crippen LogP contribution in [0.1, 0.15) is 0 Å². The van der Waals surface area contributed by atoms with Crippen LogP contribution in [-0.4, -0.2) is 9.91 Å². The zero-order valence-electron chi connectivity index (χ0n) is 8.84. The fourth-order valence-corrected chi connectivity index (χ4v) is 1.89. The molecular formula is C11H6Br2N2O3. The fraction of sp³-hybridized carbons (Fsp3) is 0. The number of rotatable bonds is 3. The van der Waals surface area contributed by atoms with E-state index in [1.54, 1.807) is 12.1 Å². The summed E-state index contributed by atoms with van der Waals surface area (Å²) in [5.41, 5.74) is -0.0926. The Kier molecular flexibility index (Phi) is 3.93. The van der Waals surface area contributed by atoms with E-state index in [1.807, 2.05) is 12.1 Å². The van der Waals surface area contributed by atoms with E-state index in [0.29, 0.717) is 10.2 Å². The summed E-state index contributed by atoms with van der Waals surface area (Å²) in [6.07, 6.45) is 1.15. The van der Waals surface area contributed by atoms with Crippen LogP contribution in [0.5, 0.6) is 11.6 Å². The molecule has 0 saturated carbocycles. The molecule has 0 amide bonds. The molecule has 0 bridgehead atoms. The predicted molar refractivity (Wildman–Crippen MR) is 72.8 cm³/mol. The van der Waals surface area contributed by atoms with E-state index < -0.39 is 4.92 Å². The van der Waals surface area contributed by atoms with Crippen LogP contribution < -0.4 is 4.74 Å². The maximum Gasteiger partial charge on any atom is 0.288 e. The van der Waals surface area contributed by atoms with Crippen LogP contribution in [-0.2, 0) is 0 Å². The normalized spacial score (nSPS) is 10.1. The largest absolute Gasteiger partial charge is 0.438 e. The Morgan fingerprint density at radius 2 is 1.89 bits per heavy atom. The molecule has 0 N–H and O–H groups in total. The number of hydrogen-bond acceptors (Lipinski definition) is 4. The van der Waals surface area contributed by atoms with E-state index in [9.17, 15) is 10.1 Å². The second kappa shape index (κ2) is 5.45. The maximum absolute atomic E-state index is 10.6. The van der Waals surface area contributed by atoms with E-state index in [2.05, 4.69) is 36.8 Å². The minimum atomic E-state index is -0.513. The van der Waals surface area contributed by atoms with Crippen LogP contribution in [0.4, 0.5) is 5.69 Å². The second-order valence-corrected chi connectivity index (χ2v) is 5.06. The van der Waals surface area contributed by atoms with Gasteiger partial charge in [0.05, 0.1) is 9.40 Å². The number of benzene rings is 1. The van der Waals surface area contributed by atoms with Crippen molar-refractivity contribution in [2.24, 2.45) is 0 Å². The lowest BCUT2D eigenvalue weighted by atomic mass is 10.3. The van der Waals surface area contributed by atoms with Gasteiger partial charge in [0, 0.05) is 10.5 Å². The summed E-state index contributed by atoms with van der Waals surface area (Å²) in [5, 5.41) is 10.6. The Bertz CT molecular complexity index is 587. The molecule has 0 aliphatic carbocycles. The Labute approximate surface area is 119 Å². The zero-order valence-corrected chi connectivity index (χ0v) is 12.0. The molecule has 2 aromatic rings. The van der Waals surface area contributed by atoms with Crippen molar-refractivity contribution in [3.05, 3.63) is 55.6 Å². The third-order valence-corrected chi connectivity index (χ3v) is 3.13. The summed E-state index contributed by atoms with van der Waals surface area (Å²) in [4.78, 5) is 13.9. The molecule has 18 heavy (non-hydrogen) atoms. The molecule has 0 atom stereocenters. The summed E-state index contributed by atoms with van der Waals surface area (Å²) >= 11 is 6.50. The van der Waals surface area contributed by atoms with Crippen LogP contribution in [0.2, 0.25) is 0 Å². The van der Waals surface area contributed by atoms with Crippen molar-refractivity contribution in [1.29, 1.82) is 0 Å². The van der Waals surface area contributed by atoms with Crippen molar-refractivity contribution in [2.75, 3.05) is 0 Å². The number of aromatic nitrogens is 1. The number of nitro groups is 1. The van der Waals surface area contributed by atoms with Gasteiger partial charge in [0.2, 0.25) is 5.88 Å². The molecule has 0 radical (unpaired) electrons. The highest BCUT2D eigenvalue weighted by atomic mass is 79.9. The Morgan fingerprint density at radius 1 is 1.22 bits per heavy atom. The standard InChI is InChI=1S/C11H6Br2N2O3/c12-7-1-3-9(4-2-7)18-11-10(13)5-8(6-14-11)15(16)17/h1-6H. The summed E-state index contributed by atoms with van der Waals surface area (Å²) in [6, 6.07) is 8.53. The predicted octanol–water partition coefficient (Wildman–Crippen LogP) is 4.31. The molecule has 5 nitrogen and oxygen atoms in total. The molecule has 1 heterocycles. The fourth-order valence-electron chi connectivity index (χ4n) is 1.20. The van der Waals surface area contributed by atoms with E-state index >= 15 is 0 Å². The number of hydrogen-bond donors (Lipinski definition) is 0. The summed E-state index contributed by atoms with van der Waals surface area (Å²) in [7, 11) is 0. The zero-order chi connectivity index (χ0) is 13.1. The van der Waals surface area contributed by atoms with Crippen LogP contribution in [0.3, 0.4) is 0 Å². The molecular weight excluding hydrogens is 368 g/mol. The quantitative estimate of drug-likeness (QED) is 0.594. The monoisotopic (exact) mass is 372 g/mol. The Morgan fingerprint density at radius 3 is 2.44 bits per heavy atom. The van der Waals surface area contributed by atoms with Crippen LogP contribution in [0.15, 0.2) is 45.5 Å². The van der Waals surface area contributed by atoms with E-state index in [-0.39, 0.29) is 11.6 Å². The number of nitrogens with zero attached hydrogens (tertiary/aromatic N) is 2. The highest BCUT2D eigenvalue weighted by Crippen LogP contribution is 2.30. The average molecular weight is 374 g/mol. The van der Waals surface area contributed by atoms with Gasteiger partial charge >= 0.3 is 0 Å². The molecule has 7 heteroatoms. The molecule has 1 aromatic heterocycles. The van der Waals surface area contributed by atoms with Gasteiger partial charge in [-0.15, -0.1) is 0 Å². The van der Waals surface area contributed by atoms with Crippen molar-refractivity contribution >= 4 is 37.5 Å². The van der Waals surface area contributed by atoms with Gasteiger partial charge in [-0.3, -0.25) is 10.1 Å². The van der Waals surface area contributed by atoms with Gasteiger partial charge in [0.15, 0.2) is 0 Å². The maximum atomic E-state index is 10.6. The molecule has 0 unspecified atom stereocenters. The van der Waals surface area contributed by atoms with Crippen LogP contribution >= 0.6 is 31.9 Å². The lowest BCUT2D eigenvalue weighted by Gasteiger charge is -2.06. The Balaban J connectivity index is 2.24. The molecule has 1 aromatic carbocycles. The van der Waals surface area contributed by atoms with Gasteiger partial charge < -0.3 is 4.74 Å². The second-order valence-electron chi connectivity index (χ2n) is 3.29. The van der Waals surface area contributed by atoms with E-state index in [1.165, 1.54) is 6.07 Å². The lowest BCUT2D eigenvalue weighted by molar-refractivity contribution is -0.385. The minimum absolute atomic E-state index is 0.0926. The van der Waals surface area contributed by atoms with E-state index in [0.717, 1.165) is 10.7 Å². The first-order chi connectivity index (χ1) is 8.56. The third-order valence-electron chi connectivity index (χ3n) is 2.03. The van der Waals surface area contributed by atoms with Crippen molar-refractivity contribution in [1.82, 2.24) is 4.98 Å². The summed E-state index contributed by atoms with van der Waals surface area (Å²) in [6.45, 7) is 0. The van der Waals surface area contributed by atoms with Crippen molar-refractivity contribution in [3.63, 3.8) is 0 Å². The molecule has 0 fully saturated rings. The SMILES string of the molecule is O=[N+]([O-])c1cnc(Oc2ccc(Br)cc2)c(Br)c1. The van der Waals surface area contributed by atoms with Gasteiger partial charge in [-0.2, -0.15) is 0 Å². The van der Waals surface area contributed by atoms with Gasteiger partial charge in [-0.1, -0.05) is 15.9 Å². The van der Waals surface area contributed by atoms with Crippen molar-refractivity contribution in [2.45, 2.75) is 0 Å². The number of pyridine rings is 1. The summed E-state index contributed by atoms with van der Waals surface area (Å²) < 4.78 is 6.86. The molecule has 2 rings (SSSR count). The highest BCUT2D eigenvalue weighted by Gasteiger charge is 2.12. The molecule has 92 valence electrons. The van der Waals surface area contributed by atoms with Gasteiger partial charge in [-0.05, 0) is 40.2 Å². The first kappa shape index (κ1) is 13.0. The highest BCUT2D eigenvalue weighted by molar-refractivity contribution is 9.10. The average Bonchev–Trinajstić information content (AvgIpc) is 2.34. The smallest absolute Gasteiger partial charge is 0.288 e. The summed E-state index contributed by atoms with van der Waals surface area (Å²) in [5.74, 6) is 0.878. The third kappa shape index (κ3) is 3.05. The molecule has 0 aliphatic rings. The lowest BCUT2D eigenvalue weighted by Crippen LogP contribution is -1.93. The van der Waals surface area contributed by atoms with Crippen LogP contribution in [0, 0.1) is 10.1 Å². The first-order valence-electron chi connectivity index (χ1n) is 4.79. The van der Waals surface area contributed by atoms with Gasteiger partial charge in [-0.25, -0.2) is 4.98 Å². The molecule has 0 spiro atoms. The van der Waals surface area contributed by atoms with E-state index in [4.69, 9.17) is 4.74 Å². The molecule has 0 saturated heterocycles. The van der Waals surface area contributed by atoms with Crippen LogP contribution in [0.25, 0.3) is 0 Å².